The summed E-state index contributed by atoms with van der Waals surface area (Å²) in [5.74, 6) is -0.318. The van der Waals surface area contributed by atoms with Crippen LogP contribution in [0, 0.1) is 5.82 Å². The van der Waals surface area contributed by atoms with Gasteiger partial charge >= 0.3 is 6.18 Å². The molecule has 1 N–H and O–H groups in total. The molecule has 0 radical (unpaired) electrons. The molecule has 32 heavy (non-hydrogen) atoms. The number of alkyl halides is 3. The minimum Gasteiger partial charge on any atom is -0.439 e. The zero-order valence-electron chi connectivity index (χ0n) is 16.9. The number of hydrogen-bond acceptors (Lipinski definition) is 4. The first kappa shape index (κ1) is 20.7. The molecule has 2 aromatic heterocycles. The molecular formula is C23H19F4N3O2. The van der Waals surface area contributed by atoms with E-state index in [9.17, 15) is 22.4 Å². The van der Waals surface area contributed by atoms with Crippen molar-refractivity contribution in [1.29, 1.82) is 0 Å². The fourth-order valence-electron chi connectivity index (χ4n) is 3.97. The minimum absolute atomic E-state index is 0.0964. The van der Waals surface area contributed by atoms with E-state index >= 15 is 0 Å². The van der Waals surface area contributed by atoms with Crippen LogP contribution in [0.15, 0.2) is 40.9 Å². The molecule has 0 bridgehead atoms. The smallest absolute Gasteiger partial charge is 0.416 e. The van der Waals surface area contributed by atoms with Crippen molar-refractivity contribution in [3.8, 4) is 11.5 Å². The van der Waals surface area contributed by atoms with Crippen molar-refractivity contribution in [1.82, 2.24) is 15.3 Å². The molecule has 5 rings (SSSR count). The van der Waals surface area contributed by atoms with Crippen molar-refractivity contribution in [3.05, 3.63) is 70.6 Å². The van der Waals surface area contributed by atoms with Gasteiger partial charge < -0.3 is 9.73 Å². The third-order valence-corrected chi connectivity index (χ3v) is 5.81. The van der Waals surface area contributed by atoms with Gasteiger partial charge in [-0.2, -0.15) is 13.2 Å². The number of halogens is 4. The van der Waals surface area contributed by atoms with Crippen LogP contribution in [0.4, 0.5) is 17.6 Å². The number of oxazole rings is 1. The summed E-state index contributed by atoms with van der Waals surface area (Å²) in [4.78, 5) is 21.2. The summed E-state index contributed by atoms with van der Waals surface area (Å²) in [6, 6.07) is 5.34. The lowest BCUT2D eigenvalue weighted by atomic mass is 9.96. The van der Waals surface area contributed by atoms with Crippen LogP contribution in [0.25, 0.3) is 11.5 Å². The van der Waals surface area contributed by atoms with E-state index in [1.54, 1.807) is 6.07 Å². The van der Waals surface area contributed by atoms with Crippen molar-refractivity contribution in [2.75, 3.05) is 0 Å². The van der Waals surface area contributed by atoms with Gasteiger partial charge in [-0.25, -0.2) is 9.37 Å². The molecule has 2 aliphatic carbocycles. The Morgan fingerprint density at radius 2 is 1.97 bits per heavy atom. The van der Waals surface area contributed by atoms with Gasteiger partial charge in [0.25, 0.3) is 5.91 Å². The van der Waals surface area contributed by atoms with E-state index in [4.69, 9.17) is 4.42 Å². The molecule has 0 aliphatic heterocycles. The minimum atomic E-state index is -4.54. The SMILES string of the molecule is O=C(N[C@H]1CCCc2nc(-c3cc(C4CC4)ncc3F)oc21)c1cccc(C(F)(F)F)c1. The largest absolute Gasteiger partial charge is 0.439 e. The monoisotopic (exact) mass is 445 g/mol. The molecule has 9 heteroatoms. The number of nitrogens with zero attached hydrogens (tertiary/aromatic N) is 2. The summed E-state index contributed by atoms with van der Waals surface area (Å²) in [6.07, 6.45) is 0.517. The van der Waals surface area contributed by atoms with E-state index < -0.39 is 29.5 Å². The molecule has 0 saturated heterocycles. The highest BCUT2D eigenvalue weighted by Crippen LogP contribution is 2.41. The lowest BCUT2D eigenvalue weighted by Gasteiger charge is -2.21. The van der Waals surface area contributed by atoms with Crippen LogP contribution in [0.3, 0.4) is 0 Å². The maximum Gasteiger partial charge on any atom is 0.416 e. The average Bonchev–Trinajstić information content (AvgIpc) is 3.52. The van der Waals surface area contributed by atoms with Crippen LogP contribution in [-0.4, -0.2) is 15.9 Å². The first-order valence-electron chi connectivity index (χ1n) is 10.4. The van der Waals surface area contributed by atoms with E-state index in [1.165, 1.54) is 18.3 Å². The van der Waals surface area contributed by atoms with Crippen LogP contribution in [0.5, 0.6) is 0 Å². The van der Waals surface area contributed by atoms with Gasteiger partial charge in [0.2, 0.25) is 5.89 Å². The molecule has 1 aromatic carbocycles. The lowest BCUT2D eigenvalue weighted by molar-refractivity contribution is -0.137. The van der Waals surface area contributed by atoms with Gasteiger partial charge in [-0.3, -0.25) is 9.78 Å². The Balaban J connectivity index is 1.41. The van der Waals surface area contributed by atoms with Gasteiger partial charge in [0.05, 0.1) is 29.1 Å². The summed E-state index contributed by atoms with van der Waals surface area (Å²) < 4.78 is 59.3. The second-order valence-corrected chi connectivity index (χ2v) is 8.19. The Hall–Kier alpha value is -3.23. The number of hydrogen-bond donors (Lipinski definition) is 1. The number of benzene rings is 1. The fraction of sp³-hybridized carbons (Fsp3) is 0.348. The van der Waals surface area contributed by atoms with Crippen LogP contribution >= 0.6 is 0 Å². The van der Waals surface area contributed by atoms with Gasteiger partial charge in [-0.15, -0.1) is 0 Å². The maximum atomic E-state index is 14.4. The lowest BCUT2D eigenvalue weighted by Crippen LogP contribution is -2.30. The molecule has 1 saturated carbocycles. The first-order chi connectivity index (χ1) is 15.3. The van der Waals surface area contributed by atoms with E-state index in [0.29, 0.717) is 36.6 Å². The summed E-state index contributed by atoms with van der Waals surface area (Å²) in [5, 5.41) is 2.74. The Kier molecular flexibility index (Phi) is 4.98. The molecule has 1 fully saturated rings. The summed E-state index contributed by atoms with van der Waals surface area (Å²) >= 11 is 0. The van der Waals surface area contributed by atoms with Crippen molar-refractivity contribution in [2.45, 2.75) is 50.2 Å². The normalized spacial score (nSPS) is 18.3. The third kappa shape index (κ3) is 3.99. The number of aryl methyl sites for hydroxylation is 1. The molecular weight excluding hydrogens is 426 g/mol. The standard InChI is InChI=1S/C23H19F4N3O2/c24-16-11-28-19(12-7-8-12)10-15(16)22-30-18-6-2-5-17(20(18)32-22)29-21(31)13-3-1-4-14(9-13)23(25,26)27/h1,3-4,9-12,17H,2,5-8H2,(H,29,31)/t17-/m0/s1. The predicted octanol–water partition coefficient (Wildman–Crippen LogP) is 5.58. The highest BCUT2D eigenvalue weighted by molar-refractivity contribution is 5.94. The van der Waals surface area contributed by atoms with E-state index in [0.717, 1.165) is 30.7 Å². The van der Waals surface area contributed by atoms with Crippen LogP contribution in [0.1, 0.15) is 70.7 Å². The molecule has 0 unspecified atom stereocenters. The molecule has 2 heterocycles. The second kappa shape index (κ2) is 7.72. The van der Waals surface area contributed by atoms with Crippen LogP contribution in [0.2, 0.25) is 0 Å². The van der Waals surface area contributed by atoms with Crippen LogP contribution in [-0.2, 0) is 12.6 Å². The quantitative estimate of drug-likeness (QED) is 0.533. The molecule has 1 amide bonds. The summed E-state index contributed by atoms with van der Waals surface area (Å²) in [6.45, 7) is 0. The number of amides is 1. The van der Waals surface area contributed by atoms with Crippen molar-refractivity contribution < 1.29 is 26.8 Å². The van der Waals surface area contributed by atoms with Gasteiger partial charge in [0, 0.05) is 17.2 Å². The fourth-order valence-corrected chi connectivity index (χ4v) is 3.97. The number of carbonyl (C=O) groups excluding carboxylic acids is 1. The number of carbonyl (C=O) groups is 1. The molecule has 1 atom stereocenters. The predicted molar refractivity (Wildman–Crippen MR) is 106 cm³/mol. The number of pyridine rings is 1. The average molecular weight is 445 g/mol. The van der Waals surface area contributed by atoms with Gasteiger partial charge in [-0.05, 0) is 56.4 Å². The molecule has 2 aliphatic rings. The number of rotatable bonds is 4. The van der Waals surface area contributed by atoms with Crippen molar-refractivity contribution in [2.24, 2.45) is 0 Å². The number of nitrogens with one attached hydrogen (secondary N) is 1. The number of aromatic nitrogens is 2. The Labute approximate surface area is 180 Å². The molecule has 5 nitrogen and oxygen atoms in total. The van der Waals surface area contributed by atoms with E-state index in [1.807, 2.05) is 0 Å². The van der Waals surface area contributed by atoms with Gasteiger partial charge in [-0.1, -0.05) is 6.07 Å². The highest BCUT2D eigenvalue weighted by atomic mass is 19.4. The zero-order chi connectivity index (χ0) is 22.5. The Morgan fingerprint density at radius 1 is 1.16 bits per heavy atom. The van der Waals surface area contributed by atoms with Crippen molar-refractivity contribution in [3.63, 3.8) is 0 Å². The zero-order valence-corrected chi connectivity index (χ0v) is 16.9. The highest BCUT2D eigenvalue weighted by Gasteiger charge is 2.33. The molecule has 0 spiro atoms. The maximum absolute atomic E-state index is 14.4. The second-order valence-electron chi connectivity index (χ2n) is 8.19. The van der Waals surface area contributed by atoms with Crippen molar-refractivity contribution >= 4 is 5.91 Å². The van der Waals surface area contributed by atoms with Gasteiger partial charge in [0.1, 0.15) is 5.76 Å². The molecule has 3 aromatic rings. The summed E-state index contributed by atoms with van der Waals surface area (Å²) in [7, 11) is 0. The first-order valence-corrected chi connectivity index (χ1v) is 10.4. The summed E-state index contributed by atoms with van der Waals surface area (Å²) in [5.41, 5.74) is 0.646. The van der Waals surface area contributed by atoms with E-state index in [2.05, 4.69) is 15.3 Å². The molecule has 166 valence electrons. The Morgan fingerprint density at radius 3 is 2.72 bits per heavy atom. The topological polar surface area (TPSA) is 68.0 Å². The van der Waals surface area contributed by atoms with Crippen LogP contribution < -0.4 is 5.32 Å². The third-order valence-electron chi connectivity index (χ3n) is 5.81. The van der Waals surface area contributed by atoms with Gasteiger partial charge in [0.15, 0.2) is 5.82 Å². The Bertz CT molecular complexity index is 1180. The number of fused-ring (bicyclic) bond motifs is 1. The van der Waals surface area contributed by atoms with E-state index in [-0.39, 0.29) is 17.0 Å².